The van der Waals surface area contributed by atoms with E-state index in [-0.39, 0.29) is 36.0 Å². The van der Waals surface area contributed by atoms with Gasteiger partial charge in [0.05, 0.1) is 0 Å². The fraction of sp³-hybridized carbons (Fsp3) is 0.676. The number of carbonyl (C=O) groups is 5. The third-order valence-electron chi connectivity index (χ3n) is 9.07. The Labute approximate surface area is 264 Å². The highest BCUT2D eigenvalue weighted by Gasteiger charge is 2.38. The van der Waals surface area contributed by atoms with Crippen LogP contribution in [0.25, 0.3) is 0 Å². The van der Waals surface area contributed by atoms with Gasteiger partial charge in [-0.2, -0.15) is 0 Å². The number of benzene rings is 1. The minimum Gasteiger partial charge on any atom is -0.342 e. The normalized spacial score (nSPS) is 16.7. The Morgan fingerprint density at radius 3 is 1.91 bits per heavy atom. The van der Waals surface area contributed by atoms with Crippen molar-refractivity contribution in [3.8, 4) is 0 Å². The second-order valence-corrected chi connectivity index (χ2v) is 12.8. The Kier molecular flexibility index (Phi) is 14.3. The van der Waals surface area contributed by atoms with E-state index in [1.54, 1.807) is 28.1 Å². The Morgan fingerprint density at radius 2 is 1.39 bits per heavy atom. The van der Waals surface area contributed by atoms with Gasteiger partial charge in [0.25, 0.3) is 0 Å². The number of likely N-dealkylation sites (tertiary alicyclic amines) is 1. The molecular weight excluding hydrogens is 558 g/mol. The first-order chi connectivity index (χ1) is 20.7. The second-order valence-electron chi connectivity index (χ2n) is 12.8. The van der Waals surface area contributed by atoms with Crippen LogP contribution in [0.3, 0.4) is 0 Å². The summed E-state index contributed by atoms with van der Waals surface area (Å²) in [6.45, 7) is 12.3. The molecular formula is C34H55N5O5. The average molecular weight is 614 g/mol. The zero-order valence-electron chi connectivity index (χ0n) is 28.3. The third-order valence-corrected chi connectivity index (χ3v) is 9.07. The van der Waals surface area contributed by atoms with Crippen molar-refractivity contribution in [1.82, 2.24) is 24.9 Å². The van der Waals surface area contributed by atoms with Crippen molar-refractivity contribution in [2.45, 2.75) is 104 Å². The molecule has 1 aliphatic heterocycles. The number of hydrogen-bond donors (Lipinski definition) is 1. The fourth-order valence-corrected chi connectivity index (χ4v) is 5.58. The number of nitrogens with zero attached hydrogens (tertiary/aromatic N) is 4. The third kappa shape index (κ3) is 9.79. The summed E-state index contributed by atoms with van der Waals surface area (Å²) in [5.41, 5.74) is 0.861. The van der Waals surface area contributed by atoms with Crippen molar-refractivity contribution in [1.29, 1.82) is 0 Å². The van der Waals surface area contributed by atoms with Crippen molar-refractivity contribution < 1.29 is 24.0 Å². The lowest BCUT2D eigenvalue weighted by molar-refractivity contribution is -0.151. The quantitative estimate of drug-likeness (QED) is 0.346. The minimum absolute atomic E-state index is 0.0766. The largest absolute Gasteiger partial charge is 0.342 e. The summed E-state index contributed by atoms with van der Waals surface area (Å²) >= 11 is 0. The molecule has 0 unspecified atom stereocenters. The zero-order chi connectivity index (χ0) is 33.1. The molecule has 1 aromatic rings. The van der Waals surface area contributed by atoms with Crippen LogP contribution in [0.4, 0.5) is 0 Å². The molecule has 0 bridgehead atoms. The topological polar surface area (TPSA) is 110 Å². The van der Waals surface area contributed by atoms with E-state index >= 15 is 0 Å². The van der Waals surface area contributed by atoms with Crippen molar-refractivity contribution in [2.24, 2.45) is 11.8 Å². The monoisotopic (exact) mass is 613 g/mol. The lowest BCUT2D eigenvalue weighted by atomic mass is 9.96. The average Bonchev–Trinajstić information content (AvgIpc) is 3.02. The maximum Gasteiger partial charge on any atom is 0.246 e. The van der Waals surface area contributed by atoms with Crippen molar-refractivity contribution >= 4 is 29.5 Å². The van der Waals surface area contributed by atoms with Crippen LogP contribution < -0.4 is 5.32 Å². The van der Waals surface area contributed by atoms with Gasteiger partial charge in [0.2, 0.25) is 29.5 Å². The smallest absolute Gasteiger partial charge is 0.246 e. The van der Waals surface area contributed by atoms with Gasteiger partial charge in [-0.3, -0.25) is 24.0 Å². The first-order valence-electron chi connectivity index (χ1n) is 16.1. The Bertz CT molecular complexity index is 1120. The van der Waals surface area contributed by atoms with Crippen LogP contribution in [0, 0.1) is 11.8 Å². The van der Waals surface area contributed by atoms with Crippen LogP contribution in [0.1, 0.15) is 79.2 Å². The van der Waals surface area contributed by atoms with Crippen LogP contribution in [-0.4, -0.2) is 108 Å². The summed E-state index contributed by atoms with van der Waals surface area (Å²) in [5, 5.41) is 2.96. The first-order valence-corrected chi connectivity index (χ1v) is 16.1. The Hall–Kier alpha value is -3.43. The van der Waals surface area contributed by atoms with E-state index in [9.17, 15) is 24.0 Å². The number of carbonyl (C=O) groups excluding carboxylic acids is 5. The molecule has 0 aliphatic carbocycles. The van der Waals surface area contributed by atoms with E-state index in [0.717, 1.165) is 24.8 Å². The van der Waals surface area contributed by atoms with Gasteiger partial charge in [-0.15, -0.1) is 0 Å². The number of hydrogen-bond acceptors (Lipinski definition) is 5. The van der Waals surface area contributed by atoms with E-state index in [1.807, 2.05) is 62.9 Å². The van der Waals surface area contributed by atoms with Gasteiger partial charge < -0.3 is 24.9 Å². The van der Waals surface area contributed by atoms with E-state index in [1.165, 1.54) is 21.6 Å². The predicted octanol–water partition coefficient (Wildman–Crippen LogP) is 3.34. The molecule has 5 atom stereocenters. The van der Waals surface area contributed by atoms with Crippen molar-refractivity contribution in [2.75, 3.05) is 34.2 Å². The number of likely N-dealkylation sites (N-methyl/N-ethyl adjacent to an activating group) is 3. The molecule has 1 heterocycles. The summed E-state index contributed by atoms with van der Waals surface area (Å²) in [4.78, 5) is 73.4. The van der Waals surface area contributed by atoms with Gasteiger partial charge >= 0.3 is 0 Å². The lowest BCUT2D eigenvalue weighted by Crippen LogP contribution is -2.59. The highest BCUT2D eigenvalue weighted by Crippen LogP contribution is 2.20. The molecule has 10 nitrogen and oxygen atoms in total. The van der Waals surface area contributed by atoms with Crippen LogP contribution in [0.5, 0.6) is 0 Å². The summed E-state index contributed by atoms with van der Waals surface area (Å²) in [6, 6.07) is 6.20. The molecule has 0 aromatic heterocycles. The van der Waals surface area contributed by atoms with Gasteiger partial charge in [0.15, 0.2) is 0 Å². The number of rotatable bonds is 14. The summed E-state index contributed by atoms with van der Waals surface area (Å²) in [7, 11) is 4.75. The standard InChI is InChI=1S/C34H55N5O5/c1-10-24(4)30(34(44)39-19-15-12-16-20-39)35-31(41)25(5)36(7)32(42)29(22-27-17-13-11-14-18-27)38(9)33(43)28(21-23(2)3)37(8)26(6)40/h11,13-14,17-18,23-25,28-30H,10,12,15-16,19-22H2,1-9H3,(H,35,41)/t24-,25-,28-,29-,30-/m0/s1. The maximum atomic E-state index is 14.1. The molecule has 2 rings (SSSR count). The van der Waals surface area contributed by atoms with Crippen LogP contribution in [0.15, 0.2) is 30.3 Å². The molecule has 1 N–H and O–H groups in total. The Morgan fingerprint density at radius 1 is 0.818 bits per heavy atom. The zero-order valence-corrected chi connectivity index (χ0v) is 28.3. The number of piperidine rings is 1. The van der Waals surface area contributed by atoms with Crippen LogP contribution >= 0.6 is 0 Å². The second kappa shape index (κ2) is 17.2. The van der Waals surface area contributed by atoms with Gasteiger partial charge in [-0.05, 0) is 50.0 Å². The molecule has 1 fully saturated rings. The summed E-state index contributed by atoms with van der Waals surface area (Å²) in [5.74, 6) is -1.40. The Balaban J connectivity index is 2.33. The van der Waals surface area contributed by atoms with Gasteiger partial charge in [-0.25, -0.2) is 0 Å². The minimum atomic E-state index is -0.916. The molecule has 1 aromatic carbocycles. The molecule has 246 valence electrons. The van der Waals surface area contributed by atoms with E-state index in [2.05, 4.69) is 5.32 Å². The molecule has 1 aliphatic rings. The van der Waals surface area contributed by atoms with Crippen molar-refractivity contribution in [3.05, 3.63) is 35.9 Å². The molecule has 0 radical (unpaired) electrons. The first kappa shape index (κ1) is 36.8. The molecule has 0 spiro atoms. The molecule has 44 heavy (non-hydrogen) atoms. The van der Waals surface area contributed by atoms with Gasteiger partial charge in [0, 0.05) is 47.6 Å². The van der Waals surface area contributed by atoms with E-state index in [0.29, 0.717) is 25.9 Å². The highest BCUT2D eigenvalue weighted by atomic mass is 16.2. The number of nitrogens with one attached hydrogen (secondary N) is 1. The fourth-order valence-electron chi connectivity index (χ4n) is 5.58. The lowest BCUT2D eigenvalue weighted by Gasteiger charge is -2.37. The van der Waals surface area contributed by atoms with Crippen LogP contribution in [-0.2, 0) is 30.4 Å². The maximum absolute atomic E-state index is 14.1. The van der Waals surface area contributed by atoms with Crippen LogP contribution in [0.2, 0.25) is 0 Å². The molecule has 5 amide bonds. The van der Waals surface area contributed by atoms with Gasteiger partial charge in [0.1, 0.15) is 24.2 Å². The molecule has 10 heteroatoms. The molecule has 1 saturated heterocycles. The summed E-state index contributed by atoms with van der Waals surface area (Å²) < 4.78 is 0. The van der Waals surface area contributed by atoms with Gasteiger partial charge in [-0.1, -0.05) is 64.4 Å². The SMILES string of the molecule is CC[C@H](C)[C@H](NC(=O)[C@H](C)N(C)C(=O)[C@H](Cc1ccccc1)N(C)C(=O)[C@H](CC(C)C)N(C)C(C)=O)C(=O)N1CCCCC1. The number of amides is 5. The van der Waals surface area contributed by atoms with E-state index < -0.39 is 36.0 Å². The summed E-state index contributed by atoms with van der Waals surface area (Å²) in [6.07, 6.45) is 4.40. The van der Waals surface area contributed by atoms with Crippen molar-refractivity contribution in [3.63, 3.8) is 0 Å². The molecule has 0 saturated carbocycles. The highest BCUT2D eigenvalue weighted by molar-refractivity contribution is 5.95. The predicted molar refractivity (Wildman–Crippen MR) is 172 cm³/mol. The van der Waals surface area contributed by atoms with E-state index in [4.69, 9.17) is 0 Å².